The first-order chi connectivity index (χ1) is 11.6. The van der Waals surface area contributed by atoms with Crippen molar-refractivity contribution < 1.29 is 4.39 Å². The van der Waals surface area contributed by atoms with Gasteiger partial charge in [0.2, 0.25) is 5.13 Å². The van der Waals surface area contributed by atoms with E-state index in [9.17, 15) is 4.39 Å². The summed E-state index contributed by atoms with van der Waals surface area (Å²) >= 11 is 1.37. The average Bonchev–Trinajstić information content (AvgIpc) is 2.97. The average molecular weight is 347 g/mol. The number of anilines is 2. The molecule has 0 spiro atoms. The molecule has 0 amide bonds. The maximum absolute atomic E-state index is 14.4. The second-order valence-corrected chi connectivity index (χ2v) is 6.97. The van der Waals surface area contributed by atoms with E-state index in [1.165, 1.54) is 36.7 Å². The summed E-state index contributed by atoms with van der Waals surface area (Å²) in [5, 5.41) is 6.41. The standard InChI is InChI=1S/C17H22FN5S/c1-12-4-2-3-7-23(12)10-14-6-5-13(8-15(14)18)9-20-22-17-21-16(19)11-24-17/h5-6,8-9,11-12H,2-4,7,10,19H2,1H3,(H,21,22). The van der Waals surface area contributed by atoms with E-state index in [-0.39, 0.29) is 5.82 Å². The van der Waals surface area contributed by atoms with Crippen molar-refractivity contribution in [2.45, 2.75) is 38.8 Å². The molecular formula is C17H22FN5S. The fourth-order valence-electron chi connectivity index (χ4n) is 2.88. The molecule has 7 heteroatoms. The molecule has 0 saturated carbocycles. The minimum atomic E-state index is -0.185. The number of halogens is 1. The molecule has 1 saturated heterocycles. The van der Waals surface area contributed by atoms with E-state index in [1.807, 2.05) is 12.1 Å². The second-order valence-electron chi connectivity index (χ2n) is 6.11. The fraction of sp³-hybridized carbons (Fsp3) is 0.412. The molecule has 1 aliphatic rings. The van der Waals surface area contributed by atoms with Gasteiger partial charge >= 0.3 is 0 Å². The van der Waals surface area contributed by atoms with Crippen molar-refractivity contribution in [1.82, 2.24) is 9.88 Å². The molecule has 0 bridgehead atoms. The molecule has 0 aliphatic carbocycles. The van der Waals surface area contributed by atoms with Gasteiger partial charge in [0, 0.05) is 23.5 Å². The van der Waals surface area contributed by atoms with Crippen LogP contribution in [0.2, 0.25) is 0 Å². The number of thiazole rings is 1. The van der Waals surface area contributed by atoms with Gasteiger partial charge in [0.25, 0.3) is 0 Å². The Labute approximate surface area is 145 Å². The number of nitrogen functional groups attached to an aromatic ring is 1. The van der Waals surface area contributed by atoms with Crippen LogP contribution in [-0.4, -0.2) is 28.7 Å². The highest BCUT2D eigenvalue weighted by Gasteiger charge is 2.19. The van der Waals surface area contributed by atoms with Gasteiger partial charge in [-0.1, -0.05) is 18.6 Å². The Bertz CT molecular complexity index is 715. The van der Waals surface area contributed by atoms with E-state index in [0.29, 0.717) is 29.1 Å². The first-order valence-electron chi connectivity index (χ1n) is 8.14. The zero-order valence-electron chi connectivity index (χ0n) is 13.7. The lowest BCUT2D eigenvalue weighted by Gasteiger charge is -2.33. The van der Waals surface area contributed by atoms with E-state index in [0.717, 1.165) is 12.1 Å². The van der Waals surface area contributed by atoms with Gasteiger partial charge in [-0.15, -0.1) is 11.3 Å². The molecule has 3 N–H and O–H groups in total. The van der Waals surface area contributed by atoms with Crippen LogP contribution in [0.25, 0.3) is 0 Å². The van der Waals surface area contributed by atoms with Crippen molar-refractivity contribution >= 4 is 28.5 Å². The van der Waals surface area contributed by atoms with Gasteiger partial charge in [-0.2, -0.15) is 5.10 Å². The summed E-state index contributed by atoms with van der Waals surface area (Å²) in [6.45, 7) is 3.93. The Kier molecular flexibility index (Phi) is 5.42. The number of nitrogens with two attached hydrogens (primary N) is 1. The van der Waals surface area contributed by atoms with E-state index < -0.39 is 0 Å². The number of nitrogens with one attached hydrogen (secondary N) is 1. The molecule has 1 atom stereocenters. The van der Waals surface area contributed by atoms with Gasteiger partial charge in [0.15, 0.2) is 0 Å². The summed E-state index contributed by atoms with van der Waals surface area (Å²) in [5.74, 6) is 0.273. The number of piperidine rings is 1. The first kappa shape index (κ1) is 16.9. The minimum absolute atomic E-state index is 0.185. The number of rotatable bonds is 5. The van der Waals surface area contributed by atoms with Crippen LogP contribution in [0.15, 0.2) is 28.7 Å². The Morgan fingerprint density at radius 1 is 1.50 bits per heavy atom. The monoisotopic (exact) mass is 347 g/mol. The number of hydrogen-bond acceptors (Lipinski definition) is 6. The lowest BCUT2D eigenvalue weighted by Crippen LogP contribution is -2.36. The molecule has 3 rings (SSSR count). The molecular weight excluding hydrogens is 325 g/mol. The summed E-state index contributed by atoms with van der Waals surface area (Å²) < 4.78 is 14.4. The highest BCUT2D eigenvalue weighted by Crippen LogP contribution is 2.21. The van der Waals surface area contributed by atoms with Crippen molar-refractivity contribution in [1.29, 1.82) is 0 Å². The number of aromatic nitrogens is 1. The van der Waals surface area contributed by atoms with E-state index in [4.69, 9.17) is 5.73 Å². The number of hydrazone groups is 1. The highest BCUT2D eigenvalue weighted by atomic mass is 32.1. The molecule has 1 unspecified atom stereocenters. The zero-order chi connectivity index (χ0) is 16.9. The van der Waals surface area contributed by atoms with Crippen molar-refractivity contribution in [3.05, 3.63) is 40.5 Å². The van der Waals surface area contributed by atoms with Gasteiger partial charge in [-0.3, -0.25) is 10.3 Å². The molecule has 2 heterocycles. The number of likely N-dealkylation sites (tertiary alicyclic amines) is 1. The zero-order valence-corrected chi connectivity index (χ0v) is 14.5. The van der Waals surface area contributed by atoms with Crippen LogP contribution in [0.5, 0.6) is 0 Å². The third-order valence-electron chi connectivity index (χ3n) is 4.29. The lowest BCUT2D eigenvalue weighted by atomic mass is 10.0. The van der Waals surface area contributed by atoms with Crippen molar-refractivity contribution in [2.24, 2.45) is 5.10 Å². The van der Waals surface area contributed by atoms with Crippen molar-refractivity contribution in [2.75, 3.05) is 17.7 Å². The van der Waals surface area contributed by atoms with Crippen LogP contribution in [0, 0.1) is 5.82 Å². The highest BCUT2D eigenvalue weighted by molar-refractivity contribution is 7.14. The molecule has 0 radical (unpaired) electrons. The summed E-state index contributed by atoms with van der Waals surface area (Å²) in [7, 11) is 0. The topological polar surface area (TPSA) is 66.5 Å². The van der Waals surface area contributed by atoms with Gasteiger partial charge in [0.1, 0.15) is 11.6 Å². The maximum atomic E-state index is 14.4. The third kappa shape index (κ3) is 4.30. The summed E-state index contributed by atoms with van der Waals surface area (Å²) in [6.07, 6.45) is 5.24. The third-order valence-corrected chi connectivity index (χ3v) is 5.05. The lowest BCUT2D eigenvalue weighted by molar-refractivity contribution is 0.151. The van der Waals surface area contributed by atoms with Gasteiger partial charge < -0.3 is 5.73 Å². The van der Waals surface area contributed by atoms with E-state index >= 15 is 0 Å². The first-order valence-corrected chi connectivity index (χ1v) is 9.02. The number of hydrogen-bond donors (Lipinski definition) is 2. The smallest absolute Gasteiger partial charge is 0.205 e. The van der Waals surface area contributed by atoms with Crippen molar-refractivity contribution in [3.63, 3.8) is 0 Å². The van der Waals surface area contributed by atoms with Crippen molar-refractivity contribution in [3.8, 4) is 0 Å². The molecule has 1 aromatic carbocycles. The quantitative estimate of drug-likeness (QED) is 0.639. The van der Waals surface area contributed by atoms with Crippen LogP contribution in [0.4, 0.5) is 15.3 Å². The Hall–Kier alpha value is -1.99. The van der Waals surface area contributed by atoms with Crippen LogP contribution >= 0.6 is 11.3 Å². The SMILES string of the molecule is CC1CCCCN1Cc1ccc(C=NNc2nc(N)cs2)cc1F. The predicted molar refractivity (Wildman–Crippen MR) is 97.9 cm³/mol. The molecule has 2 aromatic rings. The molecule has 1 aliphatic heterocycles. The Balaban J connectivity index is 1.61. The Morgan fingerprint density at radius 2 is 2.38 bits per heavy atom. The fourth-order valence-corrected chi connectivity index (χ4v) is 3.43. The number of nitrogens with zero attached hydrogens (tertiary/aromatic N) is 3. The minimum Gasteiger partial charge on any atom is -0.383 e. The molecule has 24 heavy (non-hydrogen) atoms. The normalized spacial score (nSPS) is 19.0. The van der Waals surface area contributed by atoms with Crippen LogP contribution in [0.1, 0.15) is 37.3 Å². The summed E-state index contributed by atoms with van der Waals surface area (Å²) in [5.41, 5.74) is 9.77. The summed E-state index contributed by atoms with van der Waals surface area (Å²) in [4.78, 5) is 6.39. The molecule has 1 fully saturated rings. The predicted octanol–water partition coefficient (Wildman–Crippen LogP) is 3.68. The summed E-state index contributed by atoms with van der Waals surface area (Å²) in [6, 6.07) is 5.77. The molecule has 128 valence electrons. The Morgan fingerprint density at radius 3 is 3.08 bits per heavy atom. The van der Waals surface area contributed by atoms with Gasteiger partial charge in [-0.25, -0.2) is 9.37 Å². The van der Waals surface area contributed by atoms with Gasteiger partial charge in [0.05, 0.1) is 6.21 Å². The van der Waals surface area contributed by atoms with E-state index in [2.05, 4.69) is 27.3 Å². The van der Waals surface area contributed by atoms with Crippen LogP contribution < -0.4 is 11.2 Å². The largest absolute Gasteiger partial charge is 0.383 e. The van der Waals surface area contributed by atoms with Crippen LogP contribution in [-0.2, 0) is 6.54 Å². The van der Waals surface area contributed by atoms with E-state index in [1.54, 1.807) is 11.6 Å². The number of benzene rings is 1. The maximum Gasteiger partial charge on any atom is 0.205 e. The molecule has 1 aromatic heterocycles. The van der Waals surface area contributed by atoms with Crippen LogP contribution in [0.3, 0.4) is 0 Å². The van der Waals surface area contributed by atoms with Gasteiger partial charge in [-0.05, 0) is 37.9 Å². The molecule has 5 nitrogen and oxygen atoms in total. The second kappa shape index (κ2) is 7.72.